The predicted octanol–water partition coefficient (Wildman–Crippen LogP) is 6.83. The molecule has 0 saturated heterocycles. The number of ether oxygens (including phenoxy) is 1. The highest BCUT2D eigenvalue weighted by atomic mass is 32.2. The van der Waals surface area contributed by atoms with Crippen molar-refractivity contribution in [1.82, 2.24) is 19.7 Å². The maximum Gasteiger partial charge on any atom is 0.271 e. The van der Waals surface area contributed by atoms with Crippen molar-refractivity contribution in [3.8, 4) is 11.4 Å². The average molecular weight is 514 g/mol. The van der Waals surface area contributed by atoms with Crippen LogP contribution in [0.3, 0.4) is 0 Å². The molecule has 0 aliphatic heterocycles. The van der Waals surface area contributed by atoms with Gasteiger partial charge >= 0.3 is 0 Å². The fourth-order valence-electron chi connectivity index (χ4n) is 4.07. The molecule has 0 aliphatic rings. The van der Waals surface area contributed by atoms with Gasteiger partial charge in [0.1, 0.15) is 12.4 Å². The Balaban J connectivity index is 1.37. The summed E-state index contributed by atoms with van der Waals surface area (Å²) in [5, 5.41) is 21.7. The largest absolute Gasteiger partial charge is 0.486 e. The standard InChI is InChI=1S/C28H27N5O3S/c1-28(2,3)20-9-12-23(13-10-20)36-17-26-30-31-27(32(26)21-7-5-4-6-8-21)37-18-19-16-29-25-15-22(33(34)35)11-14-24(19)25/h4-16,29H,17-18H2,1-3H3. The van der Waals surface area contributed by atoms with Crippen LogP contribution >= 0.6 is 11.8 Å². The first-order valence-electron chi connectivity index (χ1n) is 11.9. The van der Waals surface area contributed by atoms with E-state index in [9.17, 15) is 10.1 Å². The number of nitro groups is 1. The van der Waals surface area contributed by atoms with Gasteiger partial charge in [0, 0.05) is 35.2 Å². The van der Waals surface area contributed by atoms with E-state index in [4.69, 9.17) is 4.74 Å². The molecule has 0 unspecified atom stereocenters. The van der Waals surface area contributed by atoms with Gasteiger partial charge in [-0.15, -0.1) is 10.2 Å². The Morgan fingerprint density at radius 1 is 1.03 bits per heavy atom. The Morgan fingerprint density at radius 2 is 1.78 bits per heavy atom. The summed E-state index contributed by atoms with van der Waals surface area (Å²) in [6.45, 7) is 6.83. The molecule has 9 heteroatoms. The molecule has 0 radical (unpaired) electrons. The van der Waals surface area contributed by atoms with E-state index in [-0.39, 0.29) is 22.6 Å². The number of hydrogen-bond acceptors (Lipinski definition) is 6. The van der Waals surface area contributed by atoms with Crippen molar-refractivity contribution in [2.45, 2.75) is 43.7 Å². The van der Waals surface area contributed by atoms with Gasteiger partial charge in [-0.3, -0.25) is 14.7 Å². The molecule has 5 aromatic rings. The highest BCUT2D eigenvalue weighted by Gasteiger charge is 2.18. The summed E-state index contributed by atoms with van der Waals surface area (Å²) < 4.78 is 8.09. The lowest BCUT2D eigenvalue weighted by molar-refractivity contribution is -0.384. The first-order chi connectivity index (χ1) is 17.8. The van der Waals surface area contributed by atoms with Crippen LogP contribution in [0, 0.1) is 10.1 Å². The number of thioether (sulfide) groups is 1. The molecule has 0 atom stereocenters. The van der Waals surface area contributed by atoms with Gasteiger partial charge < -0.3 is 9.72 Å². The van der Waals surface area contributed by atoms with E-state index >= 15 is 0 Å². The van der Waals surface area contributed by atoms with Crippen molar-refractivity contribution in [3.05, 3.63) is 106 Å². The van der Waals surface area contributed by atoms with Crippen molar-refractivity contribution >= 4 is 28.4 Å². The molecular weight excluding hydrogens is 486 g/mol. The number of aromatic nitrogens is 4. The highest BCUT2D eigenvalue weighted by Crippen LogP contribution is 2.31. The fraction of sp³-hybridized carbons (Fsp3) is 0.214. The van der Waals surface area contributed by atoms with E-state index in [2.05, 4.69) is 48.1 Å². The zero-order valence-electron chi connectivity index (χ0n) is 20.8. The molecule has 0 amide bonds. The molecule has 5 rings (SSSR count). The molecule has 0 bridgehead atoms. The van der Waals surface area contributed by atoms with Crippen molar-refractivity contribution in [3.63, 3.8) is 0 Å². The van der Waals surface area contributed by atoms with Gasteiger partial charge in [0.15, 0.2) is 11.0 Å². The van der Waals surface area contributed by atoms with E-state index in [0.29, 0.717) is 11.6 Å². The summed E-state index contributed by atoms with van der Waals surface area (Å²) in [6, 6.07) is 23.0. The number of para-hydroxylation sites is 1. The molecule has 37 heavy (non-hydrogen) atoms. The average Bonchev–Trinajstić information content (AvgIpc) is 3.49. The van der Waals surface area contributed by atoms with Crippen LogP contribution in [-0.2, 0) is 17.8 Å². The fourth-order valence-corrected chi connectivity index (χ4v) is 5.03. The molecule has 2 heterocycles. The number of nitrogens with one attached hydrogen (secondary N) is 1. The molecule has 2 aromatic heterocycles. The third kappa shape index (κ3) is 5.36. The quantitative estimate of drug-likeness (QED) is 0.139. The Morgan fingerprint density at radius 3 is 2.49 bits per heavy atom. The summed E-state index contributed by atoms with van der Waals surface area (Å²) in [5.74, 6) is 2.10. The van der Waals surface area contributed by atoms with E-state index in [1.165, 1.54) is 11.6 Å². The first kappa shape index (κ1) is 24.6. The minimum atomic E-state index is -0.389. The maximum atomic E-state index is 11.1. The summed E-state index contributed by atoms with van der Waals surface area (Å²) in [7, 11) is 0. The number of aromatic amines is 1. The van der Waals surface area contributed by atoms with Crippen LogP contribution in [0.2, 0.25) is 0 Å². The number of benzene rings is 3. The Labute approximate surface area is 218 Å². The molecule has 0 fully saturated rings. The molecule has 1 N–H and O–H groups in total. The van der Waals surface area contributed by atoms with Crippen LogP contribution in [-0.4, -0.2) is 24.7 Å². The van der Waals surface area contributed by atoms with Gasteiger partial charge in [-0.25, -0.2) is 0 Å². The molecule has 0 aliphatic carbocycles. The van der Waals surface area contributed by atoms with Gasteiger partial charge in [-0.05, 0) is 46.9 Å². The number of nitrogens with zero attached hydrogens (tertiary/aromatic N) is 4. The second kappa shape index (κ2) is 10.1. The van der Waals surface area contributed by atoms with E-state index in [1.54, 1.807) is 23.9 Å². The number of nitro benzene ring substituents is 1. The zero-order valence-corrected chi connectivity index (χ0v) is 21.7. The number of non-ortho nitro benzene ring substituents is 1. The summed E-state index contributed by atoms with van der Waals surface area (Å²) in [6.07, 6.45) is 1.88. The monoisotopic (exact) mass is 513 g/mol. The van der Waals surface area contributed by atoms with Crippen LogP contribution in [0.15, 0.2) is 84.1 Å². The van der Waals surface area contributed by atoms with Crippen LogP contribution in [0.5, 0.6) is 5.75 Å². The Kier molecular flexibility index (Phi) is 6.71. The van der Waals surface area contributed by atoms with Crippen LogP contribution < -0.4 is 4.74 Å². The number of hydrogen-bond donors (Lipinski definition) is 1. The number of rotatable bonds is 8. The minimum Gasteiger partial charge on any atom is -0.486 e. The molecule has 188 valence electrons. The lowest BCUT2D eigenvalue weighted by Crippen LogP contribution is -2.10. The van der Waals surface area contributed by atoms with Gasteiger partial charge in [0.25, 0.3) is 5.69 Å². The Bertz CT molecular complexity index is 1540. The number of H-pyrrole nitrogens is 1. The van der Waals surface area contributed by atoms with Crippen LogP contribution in [0.25, 0.3) is 16.6 Å². The van der Waals surface area contributed by atoms with E-state index < -0.39 is 0 Å². The summed E-state index contributed by atoms with van der Waals surface area (Å²) >= 11 is 1.55. The second-order valence-electron chi connectivity index (χ2n) is 9.72. The third-order valence-electron chi connectivity index (χ3n) is 6.12. The second-order valence-corrected chi connectivity index (χ2v) is 10.7. The normalized spacial score (nSPS) is 11.6. The lowest BCUT2D eigenvalue weighted by atomic mass is 9.87. The molecule has 3 aromatic carbocycles. The third-order valence-corrected chi connectivity index (χ3v) is 7.10. The van der Waals surface area contributed by atoms with Gasteiger partial charge in [0.2, 0.25) is 0 Å². The van der Waals surface area contributed by atoms with Crippen molar-refractivity contribution in [2.75, 3.05) is 0 Å². The summed E-state index contributed by atoms with van der Waals surface area (Å²) in [5.41, 5.74) is 4.12. The SMILES string of the molecule is CC(C)(C)c1ccc(OCc2nnc(SCc3c[nH]c4cc([N+](=O)[O-])ccc34)n2-c2ccccc2)cc1. The van der Waals surface area contributed by atoms with Gasteiger partial charge in [-0.1, -0.05) is 62.9 Å². The van der Waals surface area contributed by atoms with Crippen molar-refractivity contribution < 1.29 is 9.66 Å². The van der Waals surface area contributed by atoms with Gasteiger partial charge in [0.05, 0.1) is 10.4 Å². The molecular formula is C28H27N5O3S. The Hall–Kier alpha value is -4.11. The highest BCUT2D eigenvalue weighted by molar-refractivity contribution is 7.98. The molecule has 0 saturated carbocycles. The predicted molar refractivity (Wildman–Crippen MR) is 145 cm³/mol. The minimum absolute atomic E-state index is 0.0649. The topological polar surface area (TPSA) is 98.9 Å². The van der Waals surface area contributed by atoms with E-state index in [0.717, 1.165) is 33.1 Å². The smallest absolute Gasteiger partial charge is 0.271 e. The lowest BCUT2D eigenvalue weighted by Gasteiger charge is -2.19. The first-order valence-corrected chi connectivity index (χ1v) is 12.9. The van der Waals surface area contributed by atoms with Crippen LogP contribution in [0.4, 0.5) is 5.69 Å². The summed E-state index contributed by atoms with van der Waals surface area (Å²) in [4.78, 5) is 13.8. The van der Waals surface area contributed by atoms with E-state index in [1.807, 2.05) is 53.2 Å². The molecule has 8 nitrogen and oxygen atoms in total. The zero-order chi connectivity index (χ0) is 26.0. The van der Waals surface area contributed by atoms with Gasteiger partial charge in [-0.2, -0.15) is 0 Å². The maximum absolute atomic E-state index is 11.1. The molecule has 0 spiro atoms. The van der Waals surface area contributed by atoms with Crippen LogP contribution in [0.1, 0.15) is 37.7 Å². The number of fused-ring (bicyclic) bond motifs is 1. The van der Waals surface area contributed by atoms with Crippen molar-refractivity contribution in [2.24, 2.45) is 0 Å². The van der Waals surface area contributed by atoms with Crippen molar-refractivity contribution in [1.29, 1.82) is 0 Å².